The SMILES string of the molecule is Cc1c2ccccc2c(C)c2sc(=S)sc12. The molecule has 0 spiro atoms. The van der Waals surface area contributed by atoms with Crippen molar-refractivity contribution in [2.45, 2.75) is 13.8 Å². The molecule has 0 unspecified atom stereocenters. The topological polar surface area (TPSA) is 0 Å². The molecule has 3 heteroatoms. The molecule has 0 N–H and O–H groups in total. The summed E-state index contributed by atoms with van der Waals surface area (Å²) in [6.07, 6.45) is 0. The van der Waals surface area contributed by atoms with Crippen molar-refractivity contribution < 1.29 is 0 Å². The number of aryl methyl sites for hydroxylation is 2. The van der Waals surface area contributed by atoms with E-state index >= 15 is 0 Å². The summed E-state index contributed by atoms with van der Waals surface area (Å²) in [6, 6.07) is 8.60. The van der Waals surface area contributed by atoms with Crippen molar-refractivity contribution in [3.8, 4) is 0 Å². The number of hydrogen-bond donors (Lipinski definition) is 0. The molecule has 0 fully saturated rings. The van der Waals surface area contributed by atoms with Gasteiger partial charge in [-0.15, -0.1) is 22.7 Å². The molecule has 1 heterocycles. The molecular weight excluding hydrogens is 252 g/mol. The molecule has 16 heavy (non-hydrogen) atoms. The Morgan fingerprint density at radius 2 is 1.31 bits per heavy atom. The maximum Gasteiger partial charge on any atom is 0.144 e. The molecule has 3 aromatic rings. The summed E-state index contributed by atoms with van der Waals surface area (Å²) >= 11 is 8.79. The van der Waals surface area contributed by atoms with E-state index in [4.69, 9.17) is 12.2 Å². The van der Waals surface area contributed by atoms with E-state index in [0.29, 0.717) is 0 Å². The monoisotopic (exact) mass is 262 g/mol. The molecule has 0 amide bonds. The van der Waals surface area contributed by atoms with Gasteiger partial charge in [-0.2, -0.15) is 0 Å². The minimum atomic E-state index is 1.02. The standard InChI is InChI=1S/C13H10S3/c1-7-9-5-3-4-6-10(9)8(2)12-11(7)15-13(14)16-12/h3-6H,1-2H3. The Hall–Kier alpha value is -0.770. The van der Waals surface area contributed by atoms with Crippen LogP contribution in [0.1, 0.15) is 11.1 Å². The molecular formula is C13H10S3. The highest BCUT2D eigenvalue weighted by atomic mass is 32.2. The molecule has 0 aliphatic carbocycles. The van der Waals surface area contributed by atoms with Crippen LogP contribution in [-0.4, -0.2) is 0 Å². The van der Waals surface area contributed by atoms with Crippen LogP contribution in [0.5, 0.6) is 0 Å². The lowest BCUT2D eigenvalue weighted by Crippen LogP contribution is -1.83. The van der Waals surface area contributed by atoms with Crippen molar-refractivity contribution >= 4 is 55.1 Å². The first-order valence-corrected chi connectivity index (χ1v) is 7.14. The first-order chi connectivity index (χ1) is 7.68. The molecule has 0 aliphatic rings. The average Bonchev–Trinajstić information content (AvgIpc) is 2.68. The Bertz CT molecular complexity index is 685. The maximum absolute atomic E-state index is 5.31. The highest BCUT2D eigenvalue weighted by molar-refractivity contribution is 7.77. The molecule has 0 bridgehead atoms. The lowest BCUT2D eigenvalue weighted by molar-refractivity contribution is 1.56. The van der Waals surface area contributed by atoms with Gasteiger partial charge in [-0.05, 0) is 35.7 Å². The smallest absolute Gasteiger partial charge is 0.112 e. The van der Waals surface area contributed by atoms with Crippen molar-refractivity contribution in [2.75, 3.05) is 0 Å². The molecule has 3 rings (SSSR count). The molecule has 0 atom stereocenters. The normalized spacial score (nSPS) is 11.4. The van der Waals surface area contributed by atoms with E-state index in [1.54, 1.807) is 22.7 Å². The van der Waals surface area contributed by atoms with Crippen LogP contribution in [0.3, 0.4) is 0 Å². The van der Waals surface area contributed by atoms with E-state index in [0.717, 1.165) is 3.14 Å². The van der Waals surface area contributed by atoms with Gasteiger partial charge in [-0.3, -0.25) is 0 Å². The fraction of sp³-hybridized carbons (Fsp3) is 0.154. The van der Waals surface area contributed by atoms with Gasteiger partial charge < -0.3 is 0 Å². The summed E-state index contributed by atoms with van der Waals surface area (Å²) in [5.41, 5.74) is 2.74. The number of benzene rings is 2. The van der Waals surface area contributed by atoms with E-state index in [2.05, 4.69) is 38.1 Å². The van der Waals surface area contributed by atoms with Crippen LogP contribution in [0.4, 0.5) is 0 Å². The minimum Gasteiger partial charge on any atom is -0.112 e. The molecule has 0 saturated carbocycles. The zero-order valence-corrected chi connectivity index (χ0v) is 11.5. The summed E-state index contributed by atoms with van der Waals surface area (Å²) in [7, 11) is 0. The maximum atomic E-state index is 5.31. The first-order valence-electron chi connectivity index (χ1n) is 5.10. The van der Waals surface area contributed by atoms with E-state index in [-0.39, 0.29) is 0 Å². The highest BCUT2D eigenvalue weighted by Gasteiger charge is 2.10. The van der Waals surface area contributed by atoms with Gasteiger partial charge in [0.25, 0.3) is 0 Å². The molecule has 0 aliphatic heterocycles. The van der Waals surface area contributed by atoms with Gasteiger partial charge in [-0.1, -0.05) is 36.5 Å². The third-order valence-electron chi connectivity index (χ3n) is 2.99. The Labute approximate surface area is 107 Å². The van der Waals surface area contributed by atoms with Crippen LogP contribution in [-0.2, 0) is 0 Å². The predicted molar refractivity (Wildman–Crippen MR) is 77.5 cm³/mol. The van der Waals surface area contributed by atoms with Gasteiger partial charge in [0.15, 0.2) is 0 Å². The first kappa shape index (κ1) is 10.4. The van der Waals surface area contributed by atoms with Gasteiger partial charge in [0.1, 0.15) is 3.14 Å². The van der Waals surface area contributed by atoms with Gasteiger partial charge in [-0.25, -0.2) is 0 Å². The van der Waals surface area contributed by atoms with Crippen molar-refractivity contribution in [1.29, 1.82) is 0 Å². The summed E-state index contributed by atoms with van der Waals surface area (Å²) < 4.78 is 3.76. The van der Waals surface area contributed by atoms with Crippen LogP contribution in [0.25, 0.3) is 20.2 Å². The Morgan fingerprint density at radius 3 is 1.75 bits per heavy atom. The second-order valence-corrected chi connectivity index (χ2v) is 7.13. The van der Waals surface area contributed by atoms with Crippen molar-refractivity contribution in [3.63, 3.8) is 0 Å². The van der Waals surface area contributed by atoms with Crippen LogP contribution < -0.4 is 0 Å². The zero-order valence-electron chi connectivity index (χ0n) is 9.03. The Kier molecular flexibility index (Phi) is 2.35. The van der Waals surface area contributed by atoms with Crippen LogP contribution in [0, 0.1) is 17.0 Å². The Morgan fingerprint density at radius 1 is 0.875 bits per heavy atom. The number of hydrogen-bond acceptors (Lipinski definition) is 3. The van der Waals surface area contributed by atoms with Gasteiger partial charge in [0.05, 0.1) is 9.40 Å². The summed E-state index contributed by atoms with van der Waals surface area (Å²) in [5, 5.41) is 2.72. The predicted octanol–water partition coefficient (Wildman–Crippen LogP) is 5.46. The lowest BCUT2D eigenvalue weighted by Gasteiger charge is -2.07. The summed E-state index contributed by atoms with van der Waals surface area (Å²) in [4.78, 5) is 0. The van der Waals surface area contributed by atoms with E-state index < -0.39 is 0 Å². The van der Waals surface area contributed by atoms with Gasteiger partial charge in [0.2, 0.25) is 0 Å². The number of fused-ring (bicyclic) bond motifs is 2. The van der Waals surface area contributed by atoms with E-state index in [1.807, 2.05) is 0 Å². The minimum absolute atomic E-state index is 1.02. The van der Waals surface area contributed by atoms with E-state index in [9.17, 15) is 0 Å². The molecule has 0 saturated heterocycles. The fourth-order valence-corrected chi connectivity index (χ4v) is 4.92. The number of rotatable bonds is 0. The fourth-order valence-electron chi connectivity index (χ4n) is 2.16. The van der Waals surface area contributed by atoms with Crippen LogP contribution in [0.15, 0.2) is 24.3 Å². The third kappa shape index (κ3) is 1.35. The van der Waals surface area contributed by atoms with Crippen molar-refractivity contribution in [3.05, 3.63) is 38.5 Å². The molecule has 1 aromatic heterocycles. The van der Waals surface area contributed by atoms with Crippen LogP contribution >= 0.6 is 34.9 Å². The zero-order chi connectivity index (χ0) is 11.3. The second-order valence-electron chi connectivity index (χ2n) is 3.91. The molecule has 0 radical (unpaired) electrons. The Balaban J connectivity index is 2.71. The second kappa shape index (κ2) is 3.62. The largest absolute Gasteiger partial charge is 0.144 e. The lowest BCUT2D eigenvalue weighted by atomic mass is 10.0. The van der Waals surface area contributed by atoms with E-state index in [1.165, 1.54) is 31.3 Å². The molecule has 80 valence electrons. The molecule has 2 aromatic carbocycles. The van der Waals surface area contributed by atoms with Crippen molar-refractivity contribution in [1.82, 2.24) is 0 Å². The van der Waals surface area contributed by atoms with Crippen LogP contribution in [0.2, 0.25) is 0 Å². The average molecular weight is 262 g/mol. The van der Waals surface area contributed by atoms with Gasteiger partial charge >= 0.3 is 0 Å². The summed E-state index contributed by atoms with van der Waals surface area (Å²) in [5.74, 6) is 0. The van der Waals surface area contributed by atoms with Gasteiger partial charge in [0, 0.05) is 0 Å². The third-order valence-corrected chi connectivity index (χ3v) is 5.88. The quantitative estimate of drug-likeness (QED) is 0.485. The summed E-state index contributed by atoms with van der Waals surface area (Å²) in [6.45, 7) is 4.39. The highest BCUT2D eigenvalue weighted by Crippen LogP contribution is 2.38. The van der Waals surface area contributed by atoms with Crippen molar-refractivity contribution in [2.24, 2.45) is 0 Å². The molecule has 0 nitrogen and oxygen atoms in total.